The topological polar surface area (TPSA) is 44.8 Å². The van der Waals surface area contributed by atoms with E-state index in [2.05, 4.69) is 5.32 Å². The number of hydrogen-bond acceptors (Lipinski definition) is 3. The molecule has 0 radical (unpaired) electrons. The van der Waals surface area contributed by atoms with Crippen LogP contribution in [0.15, 0.2) is 66.7 Å². The van der Waals surface area contributed by atoms with Crippen molar-refractivity contribution < 1.29 is 9.53 Å². The largest absolute Gasteiger partial charge is 0.494 e. The molecule has 1 N–H and O–H groups in total. The first-order valence-electron chi connectivity index (χ1n) is 9.90. The van der Waals surface area contributed by atoms with Gasteiger partial charge in [0.1, 0.15) is 5.75 Å². The summed E-state index contributed by atoms with van der Waals surface area (Å²) in [6, 6.07) is 20.3. The Kier molecular flexibility index (Phi) is 7.66. The van der Waals surface area contributed by atoms with E-state index in [0.29, 0.717) is 28.9 Å². The SMILES string of the molecule is CCOc1ccc(N(Cc2ccc(N(C)C)cc2)C(=O)Nc2ccc(Cl)c(Cl)c2)cc1. The van der Waals surface area contributed by atoms with E-state index in [9.17, 15) is 4.79 Å². The molecule has 31 heavy (non-hydrogen) atoms. The minimum absolute atomic E-state index is 0.278. The Hall–Kier alpha value is -2.89. The van der Waals surface area contributed by atoms with E-state index < -0.39 is 0 Å². The Morgan fingerprint density at radius 2 is 1.55 bits per heavy atom. The molecule has 162 valence electrons. The molecule has 0 bridgehead atoms. The predicted molar refractivity (Wildman–Crippen MR) is 130 cm³/mol. The number of halogens is 2. The number of ether oxygens (including phenoxy) is 1. The number of carbonyl (C=O) groups is 1. The van der Waals surface area contributed by atoms with Crippen molar-refractivity contribution in [3.8, 4) is 5.75 Å². The van der Waals surface area contributed by atoms with E-state index in [1.54, 1.807) is 23.1 Å². The molecule has 3 rings (SSSR count). The summed E-state index contributed by atoms with van der Waals surface area (Å²) >= 11 is 12.1. The van der Waals surface area contributed by atoms with Crippen LogP contribution in [0, 0.1) is 0 Å². The molecule has 0 atom stereocenters. The summed E-state index contributed by atoms with van der Waals surface area (Å²) in [6.45, 7) is 2.91. The molecule has 3 aromatic rings. The summed E-state index contributed by atoms with van der Waals surface area (Å²) in [6.07, 6.45) is 0. The molecule has 2 amide bonds. The first-order valence-corrected chi connectivity index (χ1v) is 10.7. The van der Waals surface area contributed by atoms with Crippen LogP contribution in [0.2, 0.25) is 10.0 Å². The van der Waals surface area contributed by atoms with E-state index in [1.165, 1.54) is 0 Å². The molecule has 0 aromatic heterocycles. The highest BCUT2D eigenvalue weighted by molar-refractivity contribution is 6.42. The van der Waals surface area contributed by atoms with Crippen LogP contribution in [-0.4, -0.2) is 26.7 Å². The van der Waals surface area contributed by atoms with E-state index in [1.807, 2.05) is 74.4 Å². The van der Waals surface area contributed by atoms with Gasteiger partial charge in [-0.05, 0) is 67.1 Å². The van der Waals surface area contributed by atoms with Crippen LogP contribution in [0.1, 0.15) is 12.5 Å². The number of nitrogens with one attached hydrogen (secondary N) is 1. The summed E-state index contributed by atoms with van der Waals surface area (Å²) in [5, 5.41) is 3.72. The van der Waals surface area contributed by atoms with Crippen molar-refractivity contribution in [1.29, 1.82) is 0 Å². The third-order valence-electron chi connectivity index (χ3n) is 4.67. The number of hydrogen-bond donors (Lipinski definition) is 1. The van der Waals surface area contributed by atoms with Gasteiger partial charge in [-0.1, -0.05) is 35.3 Å². The maximum Gasteiger partial charge on any atom is 0.326 e. The number of carbonyl (C=O) groups excluding carboxylic acids is 1. The second kappa shape index (κ2) is 10.4. The van der Waals surface area contributed by atoms with Crippen LogP contribution in [0.5, 0.6) is 5.75 Å². The standard InChI is InChI=1S/C24H25Cl2N3O2/c1-4-31-21-12-10-20(11-13-21)29(16-17-5-8-19(9-6-17)28(2)3)24(30)27-18-7-14-22(25)23(26)15-18/h5-15H,4,16H2,1-3H3,(H,27,30). The number of amides is 2. The average Bonchev–Trinajstić information content (AvgIpc) is 2.76. The molecular formula is C24H25Cl2N3O2. The first-order chi connectivity index (χ1) is 14.9. The zero-order valence-electron chi connectivity index (χ0n) is 17.7. The number of nitrogens with zero attached hydrogens (tertiary/aromatic N) is 2. The summed E-state index contributed by atoms with van der Waals surface area (Å²) in [4.78, 5) is 16.9. The van der Waals surface area contributed by atoms with Crippen LogP contribution in [0.25, 0.3) is 0 Å². The van der Waals surface area contributed by atoms with E-state index in [-0.39, 0.29) is 6.03 Å². The summed E-state index contributed by atoms with van der Waals surface area (Å²) in [5.41, 5.74) is 3.41. The molecule has 0 saturated heterocycles. The third kappa shape index (κ3) is 6.06. The lowest BCUT2D eigenvalue weighted by Crippen LogP contribution is -2.34. The Morgan fingerprint density at radius 3 is 2.13 bits per heavy atom. The van der Waals surface area contributed by atoms with Crippen molar-refractivity contribution in [2.75, 3.05) is 35.8 Å². The fraction of sp³-hybridized carbons (Fsp3) is 0.208. The molecule has 3 aromatic carbocycles. The highest BCUT2D eigenvalue weighted by Crippen LogP contribution is 2.27. The number of urea groups is 1. The quantitative estimate of drug-likeness (QED) is 0.429. The fourth-order valence-corrected chi connectivity index (χ4v) is 3.31. The van der Waals surface area contributed by atoms with Crippen molar-refractivity contribution in [3.63, 3.8) is 0 Å². The molecule has 7 heteroatoms. The monoisotopic (exact) mass is 457 g/mol. The van der Waals surface area contributed by atoms with Gasteiger partial charge in [-0.15, -0.1) is 0 Å². The molecule has 0 aliphatic rings. The number of rotatable bonds is 7. The lowest BCUT2D eigenvalue weighted by molar-refractivity contribution is 0.256. The molecule has 0 spiro atoms. The van der Waals surface area contributed by atoms with Crippen LogP contribution >= 0.6 is 23.2 Å². The average molecular weight is 458 g/mol. The summed E-state index contributed by atoms with van der Waals surface area (Å²) in [7, 11) is 3.98. The van der Waals surface area contributed by atoms with Gasteiger partial charge < -0.3 is 15.0 Å². The van der Waals surface area contributed by atoms with Gasteiger partial charge in [-0.25, -0.2) is 4.79 Å². The van der Waals surface area contributed by atoms with Crippen molar-refractivity contribution >= 4 is 46.3 Å². The zero-order valence-corrected chi connectivity index (χ0v) is 19.2. The van der Waals surface area contributed by atoms with Gasteiger partial charge >= 0.3 is 6.03 Å². The van der Waals surface area contributed by atoms with Crippen LogP contribution in [0.3, 0.4) is 0 Å². The number of benzene rings is 3. The van der Waals surface area contributed by atoms with Gasteiger partial charge in [0.05, 0.1) is 23.2 Å². The summed E-state index contributed by atoms with van der Waals surface area (Å²) < 4.78 is 5.52. The molecule has 0 saturated carbocycles. The third-order valence-corrected chi connectivity index (χ3v) is 5.41. The number of anilines is 3. The Balaban J connectivity index is 1.86. The second-order valence-corrected chi connectivity index (χ2v) is 7.95. The van der Waals surface area contributed by atoms with Gasteiger partial charge in [-0.2, -0.15) is 0 Å². The maximum absolute atomic E-state index is 13.2. The molecule has 0 fully saturated rings. The lowest BCUT2D eigenvalue weighted by atomic mass is 10.1. The Bertz CT molecular complexity index is 1020. The van der Waals surface area contributed by atoms with E-state index in [0.717, 1.165) is 22.7 Å². The highest BCUT2D eigenvalue weighted by Gasteiger charge is 2.17. The van der Waals surface area contributed by atoms with Crippen LogP contribution in [0.4, 0.5) is 21.9 Å². The summed E-state index contributed by atoms with van der Waals surface area (Å²) in [5.74, 6) is 0.756. The van der Waals surface area contributed by atoms with Crippen molar-refractivity contribution in [2.45, 2.75) is 13.5 Å². The normalized spacial score (nSPS) is 10.5. The van der Waals surface area contributed by atoms with Crippen LogP contribution in [-0.2, 0) is 6.54 Å². The molecule has 5 nitrogen and oxygen atoms in total. The highest BCUT2D eigenvalue weighted by atomic mass is 35.5. The van der Waals surface area contributed by atoms with Gasteiger partial charge in [0.15, 0.2) is 0 Å². The molecule has 0 heterocycles. The van der Waals surface area contributed by atoms with Crippen LogP contribution < -0.4 is 19.9 Å². The van der Waals surface area contributed by atoms with Gasteiger partial charge in [0, 0.05) is 31.2 Å². The second-order valence-electron chi connectivity index (χ2n) is 7.13. The van der Waals surface area contributed by atoms with Crippen molar-refractivity contribution in [3.05, 3.63) is 82.3 Å². The minimum Gasteiger partial charge on any atom is -0.494 e. The fourth-order valence-electron chi connectivity index (χ4n) is 3.02. The Morgan fingerprint density at radius 1 is 0.903 bits per heavy atom. The molecular weight excluding hydrogens is 433 g/mol. The van der Waals surface area contributed by atoms with Gasteiger partial charge in [0.2, 0.25) is 0 Å². The van der Waals surface area contributed by atoms with Gasteiger partial charge in [0.25, 0.3) is 0 Å². The van der Waals surface area contributed by atoms with Gasteiger partial charge in [-0.3, -0.25) is 4.90 Å². The smallest absolute Gasteiger partial charge is 0.326 e. The molecule has 0 aliphatic carbocycles. The molecule has 0 aliphatic heterocycles. The Labute approximate surface area is 193 Å². The van der Waals surface area contributed by atoms with Crippen molar-refractivity contribution in [1.82, 2.24) is 0 Å². The van der Waals surface area contributed by atoms with E-state index >= 15 is 0 Å². The maximum atomic E-state index is 13.2. The van der Waals surface area contributed by atoms with E-state index in [4.69, 9.17) is 27.9 Å². The van der Waals surface area contributed by atoms with Crippen molar-refractivity contribution in [2.24, 2.45) is 0 Å². The predicted octanol–water partition coefficient (Wildman–Crippen LogP) is 6.70. The molecule has 0 unspecified atom stereocenters. The lowest BCUT2D eigenvalue weighted by Gasteiger charge is -2.24. The first kappa shape index (κ1) is 22.8. The minimum atomic E-state index is -0.278. The zero-order chi connectivity index (χ0) is 22.4.